The van der Waals surface area contributed by atoms with Crippen molar-refractivity contribution in [1.82, 2.24) is 0 Å². The molecule has 0 atom stereocenters. The minimum Gasteiger partial charge on any atom is -0.440 e. The Morgan fingerprint density at radius 3 is 1.78 bits per heavy atom. The lowest BCUT2D eigenvalue weighted by molar-refractivity contribution is 0.540. The van der Waals surface area contributed by atoms with E-state index in [1.54, 1.807) is 48.2 Å². The van der Waals surface area contributed by atoms with Crippen molar-refractivity contribution >= 4 is 96.1 Å². The van der Waals surface area contributed by atoms with Crippen LogP contribution in [0.1, 0.15) is 45.7 Å². The zero-order chi connectivity index (χ0) is 50.9. The van der Waals surface area contributed by atoms with Gasteiger partial charge in [-0.1, -0.05) is 90.0 Å². The summed E-state index contributed by atoms with van der Waals surface area (Å²) >= 11 is 1.25. The van der Waals surface area contributed by atoms with Crippen LogP contribution >= 0.6 is 11.3 Å². The van der Waals surface area contributed by atoms with E-state index in [1.165, 1.54) is 28.4 Å². The fourth-order valence-corrected chi connectivity index (χ4v) is 11.0. The number of furan rings is 1. The van der Waals surface area contributed by atoms with Crippen molar-refractivity contribution in [3.8, 4) is 10.4 Å². The molecule has 0 fully saturated rings. The van der Waals surface area contributed by atoms with Gasteiger partial charge in [0, 0.05) is 67.7 Å². The first kappa shape index (κ1) is 30.1. The lowest BCUT2D eigenvalue weighted by atomic mass is 9.36. The number of thiophene rings is 1. The zero-order valence-corrected chi connectivity index (χ0v) is 35.0. The topological polar surface area (TPSA) is 22.9 Å². The van der Waals surface area contributed by atoms with Crippen molar-refractivity contribution < 1.29 is 29.9 Å². The lowest BCUT2D eigenvalue weighted by Gasteiger charge is -2.43. The quantitative estimate of drug-likeness (QED) is 0.155. The molecule has 2 aliphatic rings. The Morgan fingerprint density at radius 2 is 1.14 bits per heavy atom. The molecular formula is C54H41BF3N3OS. The van der Waals surface area contributed by atoms with Gasteiger partial charge in [-0.3, -0.25) is 4.90 Å². The monoisotopic (exact) mass is 856 g/mol. The third-order valence-electron chi connectivity index (χ3n) is 11.9. The van der Waals surface area contributed by atoms with Crippen LogP contribution in [0.5, 0.6) is 0 Å². The summed E-state index contributed by atoms with van der Waals surface area (Å²) in [7, 11) is 0. The minimum absolute atomic E-state index is 0.0120. The van der Waals surface area contributed by atoms with E-state index in [0.29, 0.717) is 83.1 Å². The SMILES string of the molecule is [2H]C([2H])([2H])c1cc(C)cc(C)c1-c1cc2c(s1)B1c3c(cc(N(c4ccccc4)c4ccccc4)cc3N(c3c(F)cc(F)cc3F)c3oc4ccccc4c31)N2c1c(C([2H])([2H])[2H])cc(C)cc1C([2H])([2H])[2H]. The Morgan fingerprint density at radius 1 is 0.571 bits per heavy atom. The smallest absolute Gasteiger partial charge is 0.269 e. The molecular weight excluding hydrogens is 806 g/mol. The zero-order valence-electron chi connectivity index (χ0n) is 43.1. The number of fused-ring (bicyclic) bond motifs is 6. The molecule has 0 N–H and O–H groups in total. The van der Waals surface area contributed by atoms with E-state index >= 15 is 13.2 Å². The largest absolute Gasteiger partial charge is 0.440 e. The number of benzene rings is 7. The fourth-order valence-electron chi connectivity index (χ4n) is 9.57. The summed E-state index contributed by atoms with van der Waals surface area (Å²) < 4.78 is 136. The second kappa shape index (κ2) is 14.6. The predicted octanol–water partition coefficient (Wildman–Crippen LogP) is 14.0. The minimum atomic E-state index is -2.91. The highest BCUT2D eigenvalue weighted by Crippen LogP contribution is 2.52. The summed E-state index contributed by atoms with van der Waals surface area (Å²) in [6.45, 7) is -4.01. The molecule has 2 aromatic heterocycles. The molecule has 0 bridgehead atoms. The summed E-state index contributed by atoms with van der Waals surface area (Å²) in [6.07, 6.45) is 0. The molecule has 0 amide bonds. The average Bonchev–Trinajstić information content (AvgIpc) is 3.91. The molecule has 0 unspecified atom stereocenters. The molecule has 9 heteroatoms. The molecule has 63 heavy (non-hydrogen) atoms. The van der Waals surface area contributed by atoms with Crippen molar-refractivity contribution in [2.24, 2.45) is 0 Å². The van der Waals surface area contributed by atoms with Crippen LogP contribution in [-0.2, 0) is 0 Å². The van der Waals surface area contributed by atoms with E-state index in [1.807, 2.05) is 97.6 Å². The summed E-state index contributed by atoms with van der Waals surface area (Å²) in [5.41, 5.74) is 4.55. The molecule has 0 saturated heterocycles. The maximum atomic E-state index is 16.8. The van der Waals surface area contributed by atoms with Crippen LogP contribution in [0.25, 0.3) is 21.4 Å². The van der Waals surface area contributed by atoms with Crippen molar-refractivity contribution in [3.63, 3.8) is 0 Å². The number of para-hydroxylation sites is 3. The van der Waals surface area contributed by atoms with Crippen LogP contribution < -0.4 is 30.4 Å². The van der Waals surface area contributed by atoms with Gasteiger partial charge in [0.25, 0.3) is 6.71 Å². The van der Waals surface area contributed by atoms with Crippen molar-refractivity contribution in [1.29, 1.82) is 0 Å². The average molecular weight is 857 g/mol. The van der Waals surface area contributed by atoms with Crippen molar-refractivity contribution in [2.75, 3.05) is 14.7 Å². The number of halogens is 3. The van der Waals surface area contributed by atoms with Crippen LogP contribution in [0.2, 0.25) is 0 Å². The van der Waals surface area contributed by atoms with E-state index < -0.39 is 50.4 Å². The first-order chi connectivity index (χ1) is 34.1. The highest BCUT2D eigenvalue weighted by atomic mass is 32.1. The number of aryl methyl sites for hydroxylation is 6. The molecule has 4 nitrogen and oxygen atoms in total. The van der Waals surface area contributed by atoms with Gasteiger partial charge in [0.2, 0.25) is 5.88 Å². The molecule has 0 saturated carbocycles. The number of hydrogen-bond acceptors (Lipinski definition) is 5. The first-order valence-corrected chi connectivity index (χ1v) is 21.2. The predicted molar refractivity (Wildman–Crippen MR) is 257 cm³/mol. The van der Waals surface area contributed by atoms with Crippen LogP contribution in [0.4, 0.5) is 64.6 Å². The van der Waals surface area contributed by atoms with Gasteiger partial charge >= 0.3 is 0 Å². The maximum Gasteiger partial charge on any atom is 0.269 e. The molecule has 7 aromatic carbocycles. The molecule has 0 aliphatic carbocycles. The third kappa shape index (κ3) is 6.04. The van der Waals surface area contributed by atoms with E-state index in [4.69, 9.17) is 16.8 Å². The van der Waals surface area contributed by atoms with Crippen LogP contribution in [0.3, 0.4) is 0 Å². The summed E-state index contributed by atoms with van der Waals surface area (Å²) in [5, 5.41) is 0.562. The van der Waals surface area contributed by atoms with Gasteiger partial charge < -0.3 is 14.2 Å². The second-order valence-electron chi connectivity index (χ2n) is 16.1. The molecule has 4 heterocycles. The lowest BCUT2D eigenvalue weighted by Crippen LogP contribution is -2.60. The second-order valence-corrected chi connectivity index (χ2v) is 17.2. The number of rotatable bonds is 6. The number of hydrogen-bond donors (Lipinski definition) is 0. The third-order valence-corrected chi connectivity index (χ3v) is 13.1. The van der Waals surface area contributed by atoms with Gasteiger partial charge in [-0.2, -0.15) is 0 Å². The Bertz CT molecular complexity index is 3570. The Labute approximate surface area is 381 Å². The van der Waals surface area contributed by atoms with Gasteiger partial charge in [-0.15, -0.1) is 11.3 Å². The summed E-state index contributed by atoms with van der Waals surface area (Å²) in [6, 6.07) is 38.6. The van der Waals surface area contributed by atoms with Crippen LogP contribution in [0, 0.1) is 58.8 Å². The standard InChI is InChI=1S/C54H41BF3N3OS/c1-30-21-32(3)48(33(4)22-30)47-29-45-53(63-47)55-49-40-19-13-14-20-46(40)62-54(49)61(52-41(57)25-36(56)26-42(52)58)44-28-39(59(37-15-9-7-10-16-37)38-17-11-8-12-18-38)27-43(50(44)55)60(45)51-34(5)23-31(2)24-35(51)6/h7-29H,1-6H3/i3D3,5D3,6D3. The van der Waals surface area contributed by atoms with E-state index in [9.17, 15) is 0 Å². The first-order valence-electron chi connectivity index (χ1n) is 24.9. The molecule has 2 aliphatic heterocycles. The van der Waals surface area contributed by atoms with Gasteiger partial charge in [0.1, 0.15) is 17.1 Å². The highest BCUT2D eigenvalue weighted by Gasteiger charge is 2.49. The van der Waals surface area contributed by atoms with E-state index in [2.05, 4.69) is 0 Å². The number of anilines is 9. The molecule has 9 aromatic rings. The van der Waals surface area contributed by atoms with Gasteiger partial charge in [-0.25, -0.2) is 13.2 Å². The molecule has 0 spiro atoms. The fraction of sp³-hybridized carbons (Fsp3) is 0.111. The van der Waals surface area contributed by atoms with Gasteiger partial charge in [0.05, 0.1) is 17.1 Å². The maximum absolute atomic E-state index is 16.8. The normalized spacial score (nSPS) is 15.5. The van der Waals surface area contributed by atoms with E-state index in [0.717, 1.165) is 5.56 Å². The Kier molecular flexibility index (Phi) is 6.97. The van der Waals surface area contributed by atoms with Crippen LogP contribution in [-0.4, -0.2) is 6.71 Å². The van der Waals surface area contributed by atoms with Gasteiger partial charge in [-0.05, 0) is 123 Å². The Balaban J connectivity index is 1.37. The Hall–Kier alpha value is -6.97. The molecule has 0 radical (unpaired) electrons. The summed E-state index contributed by atoms with van der Waals surface area (Å²) in [5.74, 6) is -3.63. The highest BCUT2D eigenvalue weighted by molar-refractivity contribution is 7.31. The van der Waals surface area contributed by atoms with Gasteiger partial charge in [0.15, 0.2) is 11.6 Å². The molecule has 11 rings (SSSR count). The van der Waals surface area contributed by atoms with E-state index in [-0.39, 0.29) is 39.6 Å². The summed E-state index contributed by atoms with van der Waals surface area (Å²) in [4.78, 5) is 5.30. The van der Waals surface area contributed by atoms with Crippen molar-refractivity contribution in [2.45, 2.75) is 41.3 Å². The van der Waals surface area contributed by atoms with Crippen LogP contribution in [0.15, 0.2) is 144 Å². The van der Waals surface area contributed by atoms with Crippen molar-refractivity contribution in [3.05, 3.63) is 190 Å². The molecule has 308 valence electrons. The number of nitrogens with zero attached hydrogens (tertiary/aromatic N) is 3.